The molecular formula is C46H56N5O12S4+. The molecule has 6 N–H and O–H groups in total. The van der Waals surface area contributed by atoms with Gasteiger partial charge in [-0.05, 0) is 91.7 Å². The number of allylic oxidation sites excluding steroid dienone is 4. The summed E-state index contributed by atoms with van der Waals surface area (Å²) in [5.41, 5.74) is 5.06. The first kappa shape index (κ1) is 51.1. The van der Waals surface area contributed by atoms with Crippen LogP contribution in [-0.4, -0.2) is 115 Å². The number of carbonyl (C=O) groups is 2. The van der Waals surface area contributed by atoms with Crippen LogP contribution < -0.4 is 15.5 Å². The molecule has 17 nitrogen and oxygen atoms in total. The second-order valence-corrected chi connectivity index (χ2v) is 22.9. The Kier molecular flexibility index (Phi) is 15.1. The Morgan fingerprint density at radius 3 is 2.12 bits per heavy atom. The number of anilines is 1. The zero-order valence-electron chi connectivity index (χ0n) is 37.9. The first-order valence-corrected chi connectivity index (χ1v) is 27.3. The van der Waals surface area contributed by atoms with E-state index >= 15 is 0 Å². The molecule has 0 fully saturated rings. The molecule has 2 aliphatic rings. The zero-order valence-corrected chi connectivity index (χ0v) is 41.1. The zero-order chi connectivity index (χ0) is 49.3. The van der Waals surface area contributed by atoms with Crippen molar-refractivity contribution in [1.82, 2.24) is 15.6 Å². The van der Waals surface area contributed by atoms with Crippen molar-refractivity contribution in [2.45, 2.75) is 71.1 Å². The van der Waals surface area contributed by atoms with E-state index in [-0.39, 0.29) is 49.6 Å². The molecule has 21 heteroatoms. The third-order valence-electron chi connectivity index (χ3n) is 12.1. The number of aliphatic hydroxyl groups is 1. The van der Waals surface area contributed by atoms with Crippen LogP contribution >= 0.6 is 11.3 Å². The van der Waals surface area contributed by atoms with Crippen molar-refractivity contribution < 1.29 is 58.2 Å². The quantitative estimate of drug-likeness (QED) is 0.0302. The van der Waals surface area contributed by atoms with Crippen LogP contribution in [0.4, 0.5) is 11.4 Å². The summed E-state index contributed by atoms with van der Waals surface area (Å²) in [6.45, 7) is 13.9. The van der Waals surface area contributed by atoms with Crippen LogP contribution in [-0.2, 0) is 41.2 Å². The highest BCUT2D eigenvalue weighted by atomic mass is 32.2. The van der Waals surface area contributed by atoms with E-state index in [1.54, 1.807) is 19.1 Å². The molecule has 1 atom stereocenters. The predicted octanol–water partition coefficient (Wildman–Crippen LogP) is 6.81. The minimum atomic E-state index is -4.38. The molecule has 0 saturated heterocycles. The summed E-state index contributed by atoms with van der Waals surface area (Å²) < 4.78 is 102. The maximum Gasteiger partial charge on any atom is 0.269 e. The van der Waals surface area contributed by atoms with E-state index in [2.05, 4.69) is 33.7 Å². The lowest BCUT2D eigenvalue weighted by molar-refractivity contribution is -0.435. The number of amides is 2. The minimum absolute atomic E-state index is 0.0580. The van der Waals surface area contributed by atoms with Gasteiger partial charge in [-0.25, -0.2) is 4.98 Å². The number of hydrogen-bond donors (Lipinski definition) is 6. The Morgan fingerprint density at radius 2 is 1.51 bits per heavy atom. The fourth-order valence-corrected chi connectivity index (χ4v) is 11.4. The molecule has 2 aromatic carbocycles. The number of hydrogen-bond acceptors (Lipinski definition) is 12. The molecule has 360 valence electrons. The van der Waals surface area contributed by atoms with Gasteiger partial charge < -0.3 is 20.6 Å². The molecule has 67 heavy (non-hydrogen) atoms. The van der Waals surface area contributed by atoms with Gasteiger partial charge in [0.15, 0.2) is 5.71 Å². The highest BCUT2D eigenvalue weighted by molar-refractivity contribution is 7.86. The largest absolute Gasteiger partial charge is 0.508 e. The number of nitrogens with zero attached hydrogens (tertiary/aromatic N) is 3. The standard InChI is InChI=1S/C46H55N5O12S4/c1-7-17-46(6)35-28-33(31-26-36(43(53)47-8-2)49-37(27-31)44(54)48-18-24-67(61,62)63)42-32(16-21-64-42)41(35)51(20-11-23-66(58,59)60)40(46)13-9-12-39-45(4,5)34-25-30(29(3)52)14-15-38(34)50(39)19-10-22-65(55,56)57/h9,12-16,21,25-28H,3,7-8,10-11,17-20,22-24H2,1-2,4-6H3,(H5-,47,48,52,53,54,55,56,57,58,59,60,61,62,63)/p+1/t46-/m0/s1. The second kappa shape index (κ2) is 19.7. The van der Waals surface area contributed by atoms with Crippen LogP contribution in [0.2, 0.25) is 0 Å². The Balaban J connectivity index is 1.53. The van der Waals surface area contributed by atoms with Gasteiger partial charge in [-0.1, -0.05) is 39.8 Å². The van der Waals surface area contributed by atoms with E-state index in [4.69, 9.17) is 0 Å². The summed E-state index contributed by atoms with van der Waals surface area (Å²) in [6.07, 6.45) is 7.34. The Labute approximate surface area is 395 Å². The van der Waals surface area contributed by atoms with Gasteiger partial charge in [-0.2, -0.15) is 29.8 Å². The van der Waals surface area contributed by atoms with E-state index in [0.717, 1.165) is 50.4 Å². The molecule has 6 rings (SSSR count). The van der Waals surface area contributed by atoms with Gasteiger partial charge in [0.2, 0.25) is 5.69 Å². The Morgan fingerprint density at radius 1 is 0.866 bits per heavy atom. The van der Waals surface area contributed by atoms with E-state index in [9.17, 15) is 53.6 Å². The number of aliphatic hydroxyl groups excluding tert-OH is 1. The van der Waals surface area contributed by atoms with Crippen molar-refractivity contribution in [3.05, 3.63) is 106 Å². The molecule has 0 spiro atoms. The summed E-state index contributed by atoms with van der Waals surface area (Å²) in [6, 6.07) is 12.5. The van der Waals surface area contributed by atoms with Crippen LogP contribution in [0.5, 0.6) is 0 Å². The van der Waals surface area contributed by atoms with Crippen LogP contribution in [0, 0.1) is 0 Å². The van der Waals surface area contributed by atoms with Gasteiger partial charge in [0.1, 0.15) is 23.7 Å². The molecule has 0 bridgehead atoms. The van der Waals surface area contributed by atoms with Crippen LogP contribution in [0.1, 0.15) is 98.0 Å². The smallest absolute Gasteiger partial charge is 0.269 e. The third-order valence-corrected chi connectivity index (χ3v) is 15.3. The van der Waals surface area contributed by atoms with E-state index in [1.165, 1.54) is 17.4 Å². The van der Waals surface area contributed by atoms with Gasteiger partial charge >= 0.3 is 0 Å². The lowest BCUT2D eigenvalue weighted by Gasteiger charge is -2.27. The average molecular weight is 999 g/mol. The number of carbonyl (C=O) groups excluding carboxylic acids is 2. The van der Waals surface area contributed by atoms with E-state index in [1.807, 2.05) is 73.5 Å². The van der Waals surface area contributed by atoms with Crippen LogP contribution in [0.3, 0.4) is 0 Å². The average Bonchev–Trinajstić information content (AvgIpc) is 3.86. The van der Waals surface area contributed by atoms with Gasteiger partial charge in [-0.3, -0.25) is 23.2 Å². The summed E-state index contributed by atoms with van der Waals surface area (Å²) in [5.74, 6) is -3.08. The minimum Gasteiger partial charge on any atom is -0.508 e. The molecule has 2 amide bonds. The van der Waals surface area contributed by atoms with Crippen molar-refractivity contribution in [2.24, 2.45) is 0 Å². The highest BCUT2D eigenvalue weighted by Crippen LogP contribution is 2.52. The molecule has 2 aromatic heterocycles. The summed E-state index contributed by atoms with van der Waals surface area (Å²) >= 11 is 1.42. The summed E-state index contributed by atoms with van der Waals surface area (Å²) in [4.78, 5) is 33.0. The number of pyridine rings is 1. The van der Waals surface area contributed by atoms with Crippen molar-refractivity contribution in [1.29, 1.82) is 0 Å². The maximum absolute atomic E-state index is 13.4. The maximum atomic E-state index is 13.4. The lowest BCUT2D eigenvalue weighted by atomic mass is 9.74. The lowest BCUT2D eigenvalue weighted by Crippen LogP contribution is -2.31. The van der Waals surface area contributed by atoms with Crippen molar-refractivity contribution >= 4 is 86.4 Å². The van der Waals surface area contributed by atoms with Crippen molar-refractivity contribution in [2.75, 3.05) is 48.3 Å². The molecule has 0 aliphatic carbocycles. The third kappa shape index (κ3) is 11.4. The number of benzene rings is 2. The summed E-state index contributed by atoms with van der Waals surface area (Å²) in [7, 11) is -12.9. The first-order chi connectivity index (χ1) is 31.3. The first-order valence-electron chi connectivity index (χ1n) is 21.6. The molecule has 0 radical (unpaired) electrons. The number of aromatic nitrogens is 1. The van der Waals surface area contributed by atoms with Crippen molar-refractivity contribution in [3.8, 4) is 11.1 Å². The Bertz CT molecular complexity index is 3080. The summed E-state index contributed by atoms with van der Waals surface area (Å²) in [5, 5.41) is 18.2. The topological polar surface area (TPSA) is 261 Å². The number of fused-ring (bicyclic) bond motifs is 4. The van der Waals surface area contributed by atoms with E-state index in [0.29, 0.717) is 23.1 Å². The fraction of sp³-hybridized carbons (Fsp3) is 0.391. The van der Waals surface area contributed by atoms with Gasteiger partial charge in [0.25, 0.3) is 42.2 Å². The Hall–Kier alpha value is -5.29. The number of nitrogens with one attached hydrogen (secondary N) is 2. The molecule has 4 heterocycles. The molecule has 0 unspecified atom stereocenters. The molecule has 4 aromatic rings. The molecule has 2 aliphatic heterocycles. The monoisotopic (exact) mass is 998 g/mol. The van der Waals surface area contributed by atoms with Crippen LogP contribution in [0.15, 0.2) is 78.3 Å². The SMILES string of the molecule is C=C(O)c1ccc2c(c1)C(C)(C)/C(=C\C=C\C1=[N+](CCCS(=O)(=O)O)c3c(cc(-c4cc(C(=O)NCC)nc(C(=O)NCCS(=O)(=O)O)c4)c4sccc34)[C@]1(C)CCC)N2CCCS(=O)(=O)O. The van der Waals surface area contributed by atoms with Crippen molar-refractivity contribution in [3.63, 3.8) is 0 Å². The van der Waals surface area contributed by atoms with E-state index < -0.39 is 76.8 Å². The normalized spacial score (nSPS) is 17.7. The second-order valence-electron chi connectivity index (χ2n) is 17.3. The molecule has 0 saturated carbocycles. The fourth-order valence-electron chi connectivity index (χ4n) is 9.07. The van der Waals surface area contributed by atoms with Gasteiger partial charge in [0.05, 0.1) is 28.1 Å². The molecular weight excluding hydrogens is 943 g/mol. The van der Waals surface area contributed by atoms with Crippen LogP contribution in [0.25, 0.3) is 27.0 Å². The predicted molar refractivity (Wildman–Crippen MR) is 262 cm³/mol. The number of thiophene rings is 1. The van der Waals surface area contributed by atoms with Gasteiger partial charge in [0, 0.05) is 70.3 Å². The van der Waals surface area contributed by atoms with Gasteiger partial charge in [-0.15, -0.1) is 11.3 Å². The number of rotatable bonds is 20. The highest BCUT2D eigenvalue weighted by Gasteiger charge is 2.49.